The van der Waals surface area contributed by atoms with Gasteiger partial charge in [-0.05, 0) is 17.0 Å². The van der Waals surface area contributed by atoms with Crippen molar-refractivity contribution in [2.45, 2.75) is 26.2 Å². The molecule has 0 unspecified atom stereocenters. The minimum absolute atomic E-state index is 0.214. The molecule has 1 aromatic carbocycles. The second-order valence-electron chi connectivity index (χ2n) is 5.02. The second kappa shape index (κ2) is 6.01. The molecule has 0 N–H and O–H groups in total. The Labute approximate surface area is 109 Å². The summed E-state index contributed by atoms with van der Waals surface area (Å²) in [7, 11) is 0. The maximum Gasteiger partial charge on any atom is 0.227 e. The minimum atomic E-state index is 0.214. The van der Waals surface area contributed by atoms with Crippen molar-refractivity contribution in [2.75, 3.05) is 26.3 Å². The molecule has 1 aliphatic heterocycles. The summed E-state index contributed by atoms with van der Waals surface area (Å²) in [5.74, 6) is 0.671. The third kappa shape index (κ3) is 3.10. The van der Waals surface area contributed by atoms with Gasteiger partial charge in [0.15, 0.2) is 0 Å². The van der Waals surface area contributed by atoms with E-state index in [1.807, 2.05) is 17.0 Å². The Morgan fingerprint density at radius 1 is 1.28 bits per heavy atom. The van der Waals surface area contributed by atoms with Crippen LogP contribution in [0.2, 0.25) is 0 Å². The van der Waals surface area contributed by atoms with Crippen molar-refractivity contribution in [3.8, 4) is 0 Å². The van der Waals surface area contributed by atoms with Crippen molar-refractivity contribution >= 4 is 5.91 Å². The van der Waals surface area contributed by atoms with E-state index < -0.39 is 0 Å². The van der Waals surface area contributed by atoms with Gasteiger partial charge >= 0.3 is 0 Å². The summed E-state index contributed by atoms with van der Waals surface area (Å²) in [4.78, 5) is 14.1. The van der Waals surface area contributed by atoms with Crippen molar-refractivity contribution in [1.82, 2.24) is 4.90 Å². The molecule has 0 atom stereocenters. The highest BCUT2D eigenvalue weighted by Crippen LogP contribution is 2.20. The Bertz CT molecular complexity index is 409. The molecule has 0 saturated carbocycles. The molecular formula is C15H21NO2. The number of hydrogen-bond donors (Lipinski definition) is 0. The molecule has 98 valence electrons. The van der Waals surface area contributed by atoms with Crippen LogP contribution in [0.15, 0.2) is 24.3 Å². The fraction of sp³-hybridized carbons (Fsp3) is 0.533. The predicted octanol–water partition coefficient (Wildman–Crippen LogP) is 2.21. The van der Waals surface area contributed by atoms with E-state index in [1.54, 1.807) is 0 Å². The lowest BCUT2D eigenvalue weighted by Gasteiger charge is -2.27. The Morgan fingerprint density at radius 2 is 1.94 bits per heavy atom. The molecule has 1 amide bonds. The first-order valence-electron chi connectivity index (χ1n) is 6.62. The summed E-state index contributed by atoms with van der Waals surface area (Å²) in [6, 6.07) is 8.23. The normalized spacial score (nSPS) is 16.1. The molecule has 0 bridgehead atoms. The highest BCUT2D eigenvalue weighted by atomic mass is 16.5. The lowest BCUT2D eigenvalue weighted by Crippen LogP contribution is -2.41. The van der Waals surface area contributed by atoms with E-state index in [1.165, 1.54) is 5.56 Å². The minimum Gasteiger partial charge on any atom is -0.378 e. The first kappa shape index (κ1) is 13.1. The van der Waals surface area contributed by atoms with Crippen LogP contribution in [0.4, 0.5) is 0 Å². The molecule has 1 fully saturated rings. The van der Waals surface area contributed by atoms with Gasteiger partial charge in [-0.2, -0.15) is 0 Å². The Morgan fingerprint density at radius 3 is 2.61 bits per heavy atom. The molecule has 1 saturated heterocycles. The third-order valence-electron chi connectivity index (χ3n) is 3.38. The number of morpholine rings is 1. The van der Waals surface area contributed by atoms with Gasteiger partial charge in [0.05, 0.1) is 19.6 Å². The van der Waals surface area contributed by atoms with E-state index in [0.717, 1.165) is 18.7 Å². The van der Waals surface area contributed by atoms with Gasteiger partial charge in [-0.3, -0.25) is 4.79 Å². The summed E-state index contributed by atoms with van der Waals surface area (Å²) >= 11 is 0. The average Bonchev–Trinajstić information content (AvgIpc) is 2.40. The number of benzene rings is 1. The zero-order valence-electron chi connectivity index (χ0n) is 11.2. The molecule has 0 aliphatic carbocycles. The number of hydrogen-bond acceptors (Lipinski definition) is 2. The Hall–Kier alpha value is -1.35. The van der Waals surface area contributed by atoms with Crippen molar-refractivity contribution in [2.24, 2.45) is 0 Å². The lowest BCUT2D eigenvalue weighted by atomic mass is 9.95. The molecule has 18 heavy (non-hydrogen) atoms. The molecule has 3 nitrogen and oxygen atoms in total. The van der Waals surface area contributed by atoms with Crippen molar-refractivity contribution < 1.29 is 9.53 Å². The number of rotatable bonds is 3. The van der Waals surface area contributed by atoms with Crippen LogP contribution in [0.25, 0.3) is 0 Å². The largest absolute Gasteiger partial charge is 0.378 e. The monoisotopic (exact) mass is 247 g/mol. The zero-order valence-corrected chi connectivity index (χ0v) is 11.2. The second-order valence-corrected chi connectivity index (χ2v) is 5.02. The van der Waals surface area contributed by atoms with Crippen LogP contribution in [0.1, 0.15) is 30.9 Å². The van der Waals surface area contributed by atoms with E-state index in [9.17, 15) is 4.79 Å². The van der Waals surface area contributed by atoms with Crippen molar-refractivity contribution in [1.29, 1.82) is 0 Å². The highest BCUT2D eigenvalue weighted by molar-refractivity contribution is 5.79. The number of carbonyl (C=O) groups excluding carboxylic acids is 1. The summed E-state index contributed by atoms with van der Waals surface area (Å²) in [5.41, 5.74) is 2.43. The highest BCUT2D eigenvalue weighted by Gasteiger charge is 2.18. The van der Waals surface area contributed by atoms with Gasteiger partial charge in [0.25, 0.3) is 0 Å². The number of carbonyl (C=O) groups is 1. The van der Waals surface area contributed by atoms with Gasteiger partial charge in [-0.25, -0.2) is 0 Å². The van der Waals surface area contributed by atoms with Gasteiger partial charge in [0.2, 0.25) is 5.91 Å². The molecule has 1 heterocycles. The van der Waals surface area contributed by atoms with E-state index in [2.05, 4.69) is 26.0 Å². The van der Waals surface area contributed by atoms with Gasteiger partial charge < -0.3 is 9.64 Å². The van der Waals surface area contributed by atoms with Gasteiger partial charge in [-0.1, -0.05) is 38.1 Å². The number of amides is 1. The van der Waals surface area contributed by atoms with Gasteiger partial charge in [0.1, 0.15) is 0 Å². The first-order valence-corrected chi connectivity index (χ1v) is 6.62. The summed E-state index contributed by atoms with van der Waals surface area (Å²) in [6.07, 6.45) is 0.508. The summed E-state index contributed by atoms with van der Waals surface area (Å²) in [5, 5.41) is 0. The SMILES string of the molecule is CC(C)c1ccccc1CC(=O)N1CCOCC1. The van der Waals surface area contributed by atoms with Crippen LogP contribution in [0.5, 0.6) is 0 Å². The third-order valence-corrected chi connectivity index (χ3v) is 3.38. The van der Waals surface area contributed by atoms with E-state index in [0.29, 0.717) is 25.6 Å². The maximum atomic E-state index is 12.2. The van der Waals surface area contributed by atoms with E-state index >= 15 is 0 Å². The van der Waals surface area contributed by atoms with Crippen LogP contribution in [-0.4, -0.2) is 37.1 Å². The topological polar surface area (TPSA) is 29.5 Å². The first-order chi connectivity index (χ1) is 8.68. The Balaban J connectivity index is 2.06. The average molecular weight is 247 g/mol. The molecule has 0 spiro atoms. The van der Waals surface area contributed by atoms with Crippen molar-refractivity contribution in [3.05, 3.63) is 35.4 Å². The Kier molecular flexibility index (Phi) is 4.37. The molecule has 3 heteroatoms. The summed E-state index contributed by atoms with van der Waals surface area (Å²) in [6.45, 7) is 7.11. The van der Waals surface area contributed by atoms with E-state index in [4.69, 9.17) is 4.74 Å². The van der Waals surface area contributed by atoms with Crippen LogP contribution in [-0.2, 0) is 16.0 Å². The molecule has 1 aliphatic rings. The van der Waals surface area contributed by atoms with E-state index in [-0.39, 0.29) is 5.91 Å². The molecule has 2 rings (SSSR count). The fourth-order valence-electron chi connectivity index (χ4n) is 2.35. The van der Waals surface area contributed by atoms with Crippen LogP contribution in [0.3, 0.4) is 0 Å². The van der Waals surface area contributed by atoms with Gasteiger partial charge in [-0.15, -0.1) is 0 Å². The number of ether oxygens (including phenoxy) is 1. The van der Waals surface area contributed by atoms with Crippen molar-refractivity contribution in [3.63, 3.8) is 0 Å². The summed E-state index contributed by atoms with van der Waals surface area (Å²) < 4.78 is 5.27. The zero-order chi connectivity index (χ0) is 13.0. The maximum absolute atomic E-state index is 12.2. The standard InChI is InChI=1S/C15H21NO2/c1-12(2)14-6-4-3-5-13(14)11-15(17)16-7-9-18-10-8-16/h3-6,12H,7-11H2,1-2H3. The van der Waals surface area contributed by atoms with Gasteiger partial charge in [0, 0.05) is 13.1 Å². The predicted molar refractivity (Wildman–Crippen MR) is 71.6 cm³/mol. The molecule has 0 aromatic heterocycles. The molecule has 0 radical (unpaired) electrons. The lowest BCUT2D eigenvalue weighted by molar-refractivity contribution is -0.134. The number of nitrogens with zero attached hydrogens (tertiary/aromatic N) is 1. The fourth-order valence-corrected chi connectivity index (χ4v) is 2.35. The molecule has 1 aromatic rings. The smallest absolute Gasteiger partial charge is 0.227 e. The quantitative estimate of drug-likeness (QED) is 0.819. The molecular weight excluding hydrogens is 226 g/mol. The van der Waals surface area contributed by atoms with Crippen LogP contribution >= 0.6 is 0 Å². The van der Waals surface area contributed by atoms with Crippen LogP contribution < -0.4 is 0 Å². The van der Waals surface area contributed by atoms with Crippen LogP contribution in [0, 0.1) is 0 Å².